The van der Waals surface area contributed by atoms with E-state index in [0.717, 1.165) is 6.42 Å². The van der Waals surface area contributed by atoms with E-state index < -0.39 is 16.0 Å². The zero-order valence-corrected chi connectivity index (χ0v) is 13.9. The summed E-state index contributed by atoms with van der Waals surface area (Å²) in [6.07, 6.45) is 0.557. The number of ether oxygens (including phenoxy) is 2. The Hall–Kier alpha value is -1.35. The van der Waals surface area contributed by atoms with Crippen molar-refractivity contribution in [2.75, 3.05) is 26.4 Å². The van der Waals surface area contributed by atoms with Gasteiger partial charge >= 0.3 is 5.97 Å². The second kappa shape index (κ2) is 7.96. The molecule has 0 aliphatic carbocycles. The standard InChI is InChI=1S/C14H18ClNO6S/c15-11-1-2-12(22-9-10-4-6-21-8-10)13(7-11)23(19,20)16-5-3-14(17)18/h1-2,7,10,16H,3-6,8-9H2,(H,17,18). The quantitative estimate of drug-likeness (QED) is 0.725. The van der Waals surface area contributed by atoms with Gasteiger partial charge in [-0.1, -0.05) is 11.6 Å². The Kier molecular flexibility index (Phi) is 6.23. The highest BCUT2D eigenvalue weighted by atomic mass is 35.5. The van der Waals surface area contributed by atoms with Gasteiger partial charge in [-0.05, 0) is 24.6 Å². The lowest BCUT2D eigenvalue weighted by atomic mass is 10.1. The molecule has 128 valence electrons. The van der Waals surface area contributed by atoms with Gasteiger partial charge in [-0.25, -0.2) is 13.1 Å². The summed E-state index contributed by atoms with van der Waals surface area (Å²) in [6.45, 7) is 1.41. The lowest BCUT2D eigenvalue weighted by molar-refractivity contribution is -0.136. The molecule has 9 heteroatoms. The molecule has 0 bridgehead atoms. The van der Waals surface area contributed by atoms with Gasteiger partial charge in [-0.15, -0.1) is 0 Å². The van der Waals surface area contributed by atoms with Crippen LogP contribution in [0.4, 0.5) is 0 Å². The number of benzene rings is 1. The number of hydrogen-bond donors (Lipinski definition) is 2. The molecule has 1 fully saturated rings. The molecule has 2 N–H and O–H groups in total. The number of carboxylic acid groups (broad SMARTS) is 1. The lowest BCUT2D eigenvalue weighted by Gasteiger charge is -2.15. The monoisotopic (exact) mass is 363 g/mol. The predicted molar refractivity (Wildman–Crippen MR) is 83.3 cm³/mol. The van der Waals surface area contributed by atoms with E-state index in [9.17, 15) is 13.2 Å². The van der Waals surface area contributed by atoms with Crippen LogP contribution in [-0.2, 0) is 19.6 Å². The summed E-state index contributed by atoms with van der Waals surface area (Å²) >= 11 is 5.87. The van der Waals surface area contributed by atoms with Crippen LogP contribution in [0.1, 0.15) is 12.8 Å². The predicted octanol–water partition coefficient (Wildman–Crippen LogP) is 1.51. The first-order valence-corrected chi connectivity index (χ1v) is 8.96. The number of carbonyl (C=O) groups is 1. The molecule has 1 heterocycles. The van der Waals surface area contributed by atoms with Crippen molar-refractivity contribution in [2.24, 2.45) is 5.92 Å². The molecule has 0 aromatic heterocycles. The van der Waals surface area contributed by atoms with Crippen molar-refractivity contribution in [1.82, 2.24) is 4.72 Å². The Balaban J connectivity index is 2.11. The SMILES string of the molecule is O=C(O)CCNS(=O)(=O)c1cc(Cl)ccc1OCC1CCOC1. The van der Waals surface area contributed by atoms with Crippen LogP contribution in [-0.4, -0.2) is 45.9 Å². The van der Waals surface area contributed by atoms with Crippen LogP contribution in [0.2, 0.25) is 5.02 Å². The summed E-state index contributed by atoms with van der Waals surface area (Å²) < 4.78 is 37.7. The Morgan fingerprint density at radius 1 is 1.48 bits per heavy atom. The molecular weight excluding hydrogens is 346 g/mol. The van der Waals surface area contributed by atoms with E-state index in [4.69, 9.17) is 26.2 Å². The maximum atomic E-state index is 12.3. The van der Waals surface area contributed by atoms with Crippen LogP contribution in [0.15, 0.2) is 23.1 Å². The number of carboxylic acids is 1. The summed E-state index contributed by atoms with van der Waals surface area (Å²) in [4.78, 5) is 10.4. The van der Waals surface area contributed by atoms with E-state index in [2.05, 4.69) is 4.72 Å². The third-order valence-electron chi connectivity index (χ3n) is 3.32. The van der Waals surface area contributed by atoms with Crippen LogP contribution in [0.3, 0.4) is 0 Å². The highest BCUT2D eigenvalue weighted by molar-refractivity contribution is 7.89. The van der Waals surface area contributed by atoms with Gasteiger partial charge in [-0.3, -0.25) is 4.79 Å². The maximum absolute atomic E-state index is 12.3. The van der Waals surface area contributed by atoms with Crippen molar-refractivity contribution in [1.29, 1.82) is 0 Å². The van der Waals surface area contributed by atoms with E-state index in [1.165, 1.54) is 18.2 Å². The van der Waals surface area contributed by atoms with Crippen LogP contribution in [0.5, 0.6) is 5.75 Å². The third-order valence-corrected chi connectivity index (χ3v) is 5.04. The second-order valence-electron chi connectivity index (χ2n) is 5.17. The minimum atomic E-state index is -3.91. The van der Waals surface area contributed by atoms with Crippen molar-refractivity contribution >= 4 is 27.6 Å². The van der Waals surface area contributed by atoms with E-state index >= 15 is 0 Å². The molecule has 2 rings (SSSR count). The van der Waals surface area contributed by atoms with Crippen LogP contribution in [0.25, 0.3) is 0 Å². The van der Waals surface area contributed by atoms with Gasteiger partial charge in [0.2, 0.25) is 10.0 Å². The van der Waals surface area contributed by atoms with Crippen molar-refractivity contribution in [3.8, 4) is 5.75 Å². The van der Waals surface area contributed by atoms with Crippen molar-refractivity contribution in [2.45, 2.75) is 17.7 Å². The van der Waals surface area contributed by atoms with Gasteiger partial charge in [-0.2, -0.15) is 0 Å². The largest absolute Gasteiger partial charge is 0.492 e. The van der Waals surface area contributed by atoms with Crippen molar-refractivity contribution in [3.05, 3.63) is 23.2 Å². The van der Waals surface area contributed by atoms with Gasteiger partial charge in [0.15, 0.2) is 0 Å². The molecule has 0 amide bonds. The molecule has 1 saturated heterocycles. The topological polar surface area (TPSA) is 102 Å². The molecule has 0 radical (unpaired) electrons. The number of aliphatic carboxylic acids is 1. The summed E-state index contributed by atoms with van der Waals surface area (Å²) in [5.41, 5.74) is 0. The molecule has 23 heavy (non-hydrogen) atoms. The first-order chi connectivity index (χ1) is 10.9. The van der Waals surface area contributed by atoms with Gasteiger partial charge in [0.05, 0.1) is 19.6 Å². The minimum Gasteiger partial charge on any atom is -0.492 e. The van der Waals surface area contributed by atoms with Gasteiger partial charge in [0.25, 0.3) is 0 Å². The molecule has 1 aliphatic heterocycles. The average Bonchev–Trinajstić information content (AvgIpc) is 2.98. The number of sulfonamides is 1. The molecule has 7 nitrogen and oxygen atoms in total. The Bertz CT molecular complexity index is 657. The number of halogens is 1. The fourth-order valence-electron chi connectivity index (χ4n) is 2.10. The van der Waals surface area contributed by atoms with Crippen LogP contribution >= 0.6 is 11.6 Å². The van der Waals surface area contributed by atoms with Crippen LogP contribution < -0.4 is 9.46 Å². The highest BCUT2D eigenvalue weighted by Crippen LogP contribution is 2.28. The van der Waals surface area contributed by atoms with Gasteiger partial charge in [0.1, 0.15) is 10.6 Å². The first kappa shape index (κ1) is 18.0. The van der Waals surface area contributed by atoms with Crippen molar-refractivity contribution < 1.29 is 27.8 Å². The molecule has 1 unspecified atom stereocenters. The summed E-state index contributed by atoms with van der Waals surface area (Å²) in [5.74, 6) is -0.679. The fraction of sp³-hybridized carbons (Fsp3) is 0.500. The van der Waals surface area contributed by atoms with E-state index in [1.54, 1.807) is 0 Å². The molecule has 0 spiro atoms. The second-order valence-corrected chi connectivity index (χ2v) is 7.35. The first-order valence-electron chi connectivity index (χ1n) is 7.10. The maximum Gasteiger partial charge on any atom is 0.304 e. The zero-order valence-electron chi connectivity index (χ0n) is 12.3. The number of hydrogen-bond acceptors (Lipinski definition) is 5. The summed E-state index contributed by atoms with van der Waals surface area (Å²) in [7, 11) is -3.91. The van der Waals surface area contributed by atoms with Crippen molar-refractivity contribution in [3.63, 3.8) is 0 Å². The number of rotatable bonds is 8. The molecule has 1 atom stereocenters. The minimum absolute atomic E-state index is 0.102. The molecule has 0 saturated carbocycles. The summed E-state index contributed by atoms with van der Waals surface area (Å²) in [5, 5.41) is 8.84. The Morgan fingerprint density at radius 3 is 2.91 bits per heavy atom. The molecule has 1 aromatic rings. The van der Waals surface area contributed by atoms with E-state index in [0.29, 0.717) is 19.8 Å². The smallest absolute Gasteiger partial charge is 0.304 e. The Morgan fingerprint density at radius 2 is 2.26 bits per heavy atom. The van der Waals surface area contributed by atoms with Gasteiger partial charge < -0.3 is 14.6 Å². The zero-order chi connectivity index (χ0) is 16.9. The van der Waals surface area contributed by atoms with E-state index in [1.807, 2.05) is 0 Å². The lowest BCUT2D eigenvalue weighted by Crippen LogP contribution is -2.27. The summed E-state index contributed by atoms with van der Waals surface area (Å²) in [6, 6.07) is 4.31. The van der Waals surface area contributed by atoms with E-state index in [-0.39, 0.29) is 34.6 Å². The highest BCUT2D eigenvalue weighted by Gasteiger charge is 2.22. The fourth-order valence-corrected chi connectivity index (χ4v) is 3.54. The number of nitrogens with one attached hydrogen (secondary N) is 1. The Labute approximate surface area is 139 Å². The van der Waals surface area contributed by atoms with Gasteiger partial charge in [0, 0.05) is 24.1 Å². The molecule has 1 aliphatic rings. The molecular formula is C14H18ClNO6S. The average molecular weight is 364 g/mol. The normalized spacial score (nSPS) is 18.0. The van der Waals surface area contributed by atoms with Crippen LogP contribution in [0, 0.1) is 5.92 Å². The molecule has 1 aromatic carbocycles. The third kappa shape index (κ3) is 5.35.